The first-order chi connectivity index (χ1) is 18.5. The van der Waals surface area contributed by atoms with Crippen molar-refractivity contribution in [3.05, 3.63) is 123 Å². The van der Waals surface area contributed by atoms with Gasteiger partial charge in [-0.1, -0.05) is 65.4 Å². The van der Waals surface area contributed by atoms with Gasteiger partial charge in [-0.2, -0.15) is 18.3 Å². The van der Waals surface area contributed by atoms with Crippen LogP contribution in [0.15, 0.2) is 72.8 Å². The Kier molecular flexibility index (Phi) is 7.06. The van der Waals surface area contributed by atoms with Crippen molar-refractivity contribution in [1.82, 2.24) is 9.78 Å². The molecule has 0 atom stereocenters. The molecule has 196 valence electrons. The minimum Gasteiger partial charge on any atom is -0.259 e. The first-order valence-electron chi connectivity index (χ1n) is 11.3. The van der Waals surface area contributed by atoms with Gasteiger partial charge in [0, 0.05) is 39.8 Å². The lowest BCUT2D eigenvalue weighted by Gasteiger charge is -2.10. The van der Waals surface area contributed by atoms with Crippen molar-refractivity contribution in [3.8, 4) is 23.1 Å². The van der Waals surface area contributed by atoms with Gasteiger partial charge in [-0.05, 0) is 30.3 Å². The normalized spacial score (nSPS) is 11.5. The molecule has 10 heteroatoms. The van der Waals surface area contributed by atoms with Crippen LogP contribution in [0.3, 0.4) is 0 Å². The van der Waals surface area contributed by atoms with E-state index in [1.807, 2.05) is 0 Å². The molecule has 4 aromatic carbocycles. The largest absolute Gasteiger partial charge is 0.418 e. The molecule has 5 rings (SSSR count). The first kappa shape index (κ1) is 26.7. The molecule has 0 aliphatic rings. The third kappa shape index (κ3) is 5.33. The Labute approximate surface area is 228 Å². The summed E-state index contributed by atoms with van der Waals surface area (Å²) < 4.78 is 84.7. The van der Waals surface area contributed by atoms with E-state index >= 15 is 0 Å². The maximum Gasteiger partial charge on any atom is 0.418 e. The molecular formula is C29H14Cl2F6N2. The molecule has 0 saturated carbocycles. The van der Waals surface area contributed by atoms with Gasteiger partial charge >= 0.3 is 6.18 Å². The molecule has 0 aliphatic heterocycles. The van der Waals surface area contributed by atoms with Crippen LogP contribution < -0.4 is 0 Å². The number of alkyl halides is 3. The SMILES string of the molecule is Fc1cc(F)c(Cn2nc3c(C(F)(F)F)cccc3c2-c2ccc(C#Cc3cccc(Cl)c3Cl)cc2)c(F)c1. The molecule has 0 aliphatic carbocycles. The van der Waals surface area contributed by atoms with E-state index in [2.05, 4.69) is 16.9 Å². The molecule has 5 aromatic rings. The summed E-state index contributed by atoms with van der Waals surface area (Å²) in [7, 11) is 0. The number of nitrogens with zero attached hydrogens (tertiary/aromatic N) is 2. The number of hydrogen-bond donors (Lipinski definition) is 0. The molecule has 1 heterocycles. The van der Waals surface area contributed by atoms with Crippen molar-refractivity contribution in [1.29, 1.82) is 0 Å². The predicted molar refractivity (Wildman–Crippen MR) is 138 cm³/mol. The second-order valence-corrected chi connectivity index (χ2v) is 9.27. The van der Waals surface area contributed by atoms with Crippen LogP contribution in [-0.2, 0) is 12.7 Å². The fourth-order valence-electron chi connectivity index (χ4n) is 4.12. The second-order valence-electron chi connectivity index (χ2n) is 8.48. The average Bonchev–Trinajstić information content (AvgIpc) is 3.25. The Hall–Kier alpha value is -3.93. The van der Waals surface area contributed by atoms with Gasteiger partial charge < -0.3 is 0 Å². The Morgan fingerprint density at radius 1 is 0.821 bits per heavy atom. The molecule has 0 bridgehead atoms. The summed E-state index contributed by atoms with van der Waals surface area (Å²) in [5.41, 5.74) is -0.233. The van der Waals surface area contributed by atoms with E-state index in [0.29, 0.717) is 38.9 Å². The summed E-state index contributed by atoms with van der Waals surface area (Å²) in [5, 5.41) is 4.87. The van der Waals surface area contributed by atoms with Crippen molar-refractivity contribution < 1.29 is 26.3 Å². The average molecular weight is 575 g/mol. The summed E-state index contributed by atoms with van der Waals surface area (Å²) in [6.07, 6.45) is -4.72. The lowest BCUT2D eigenvalue weighted by molar-refractivity contribution is -0.136. The zero-order valence-corrected chi connectivity index (χ0v) is 21.1. The highest BCUT2D eigenvalue weighted by molar-refractivity contribution is 6.42. The summed E-state index contributed by atoms with van der Waals surface area (Å²) >= 11 is 12.2. The van der Waals surface area contributed by atoms with Crippen molar-refractivity contribution in [2.24, 2.45) is 0 Å². The van der Waals surface area contributed by atoms with E-state index in [0.717, 1.165) is 10.7 Å². The van der Waals surface area contributed by atoms with Gasteiger partial charge in [0.25, 0.3) is 0 Å². The Morgan fingerprint density at radius 2 is 1.49 bits per heavy atom. The van der Waals surface area contributed by atoms with Crippen molar-refractivity contribution in [3.63, 3.8) is 0 Å². The van der Waals surface area contributed by atoms with Crippen molar-refractivity contribution >= 4 is 34.1 Å². The maximum atomic E-state index is 14.5. The molecule has 0 unspecified atom stereocenters. The highest BCUT2D eigenvalue weighted by Crippen LogP contribution is 2.38. The van der Waals surface area contributed by atoms with E-state index < -0.39 is 41.3 Å². The molecular weight excluding hydrogens is 561 g/mol. The number of hydrogen-bond acceptors (Lipinski definition) is 1. The van der Waals surface area contributed by atoms with E-state index in [9.17, 15) is 26.3 Å². The topological polar surface area (TPSA) is 17.8 Å². The standard InChI is InChI=1S/C29H14Cl2F6N2/c30-23-6-1-3-17(26(23)31)10-7-16-8-11-18(12-9-16)28-20-4-2-5-22(29(35,36)37)27(20)38-39(28)15-21-24(33)13-19(32)14-25(21)34/h1-6,8-9,11-14H,15H2. The predicted octanol–water partition coefficient (Wildman–Crippen LogP) is 8.89. The molecule has 0 fully saturated rings. The van der Waals surface area contributed by atoms with Crippen LogP contribution in [0.25, 0.3) is 22.2 Å². The molecule has 0 amide bonds. The van der Waals surface area contributed by atoms with E-state index in [1.54, 1.807) is 42.5 Å². The zero-order valence-electron chi connectivity index (χ0n) is 19.6. The van der Waals surface area contributed by atoms with Gasteiger partial charge in [0.1, 0.15) is 23.0 Å². The summed E-state index contributed by atoms with van der Waals surface area (Å²) in [4.78, 5) is 0. The van der Waals surface area contributed by atoms with Gasteiger partial charge in [0.05, 0.1) is 27.8 Å². The van der Waals surface area contributed by atoms with Crippen LogP contribution >= 0.6 is 23.2 Å². The van der Waals surface area contributed by atoms with Crippen LogP contribution in [0.2, 0.25) is 10.0 Å². The number of fused-ring (bicyclic) bond motifs is 1. The highest BCUT2D eigenvalue weighted by atomic mass is 35.5. The molecule has 0 radical (unpaired) electrons. The van der Waals surface area contributed by atoms with Gasteiger partial charge in [-0.15, -0.1) is 0 Å². The molecule has 0 saturated heterocycles. The van der Waals surface area contributed by atoms with Crippen LogP contribution in [0.5, 0.6) is 0 Å². The maximum absolute atomic E-state index is 14.5. The Balaban J connectivity index is 1.62. The molecule has 1 aromatic heterocycles. The van der Waals surface area contributed by atoms with Crippen molar-refractivity contribution in [2.75, 3.05) is 0 Å². The van der Waals surface area contributed by atoms with Crippen LogP contribution in [0, 0.1) is 29.3 Å². The third-order valence-electron chi connectivity index (χ3n) is 5.94. The van der Waals surface area contributed by atoms with Gasteiger partial charge in [0.15, 0.2) is 0 Å². The molecule has 0 N–H and O–H groups in total. The monoisotopic (exact) mass is 574 g/mol. The lowest BCUT2D eigenvalue weighted by atomic mass is 10.0. The van der Waals surface area contributed by atoms with Gasteiger partial charge in [0.2, 0.25) is 0 Å². The van der Waals surface area contributed by atoms with E-state index in [-0.39, 0.29) is 16.6 Å². The first-order valence-corrected chi connectivity index (χ1v) is 12.0. The van der Waals surface area contributed by atoms with Crippen LogP contribution in [0.1, 0.15) is 22.3 Å². The summed E-state index contributed by atoms with van der Waals surface area (Å²) in [6, 6.07) is 16.1. The zero-order chi connectivity index (χ0) is 27.9. The fraction of sp³-hybridized carbons (Fsp3) is 0.0690. The molecule has 2 nitrogen and oxygen atoms in total. The highest BCUT2D eigenvalue weighted by Gasteiger charge is 2.34. The third-order valence-corrected chi connectivity index (χ3v) is 6.76. The summed E-state index contributed by atoms with van der Waals surface area (Å²) in [6.45, 7) is -0.575. The quantitative estimate of drug-likeness (QED) is 0.155. The number of aromatic nitrogens is 2. The minimum atomic E-state index is -4.72. The van der Waals surface area contributed by atoms with E-state index in [1.165, 1.54) is 12.1 Å². The minimum absolute atomic E-state index is 0.122. The summed E-state index contributed by atoms with van der Waals surface area (Å²) in [5.74, 6) is 2.38. The molecule has 0 spiro atoms. The smallest absolute Gasteiger partial charge is 0.259 e. The Bertz CT molecular complexity index is 1760. The molecule has 39 heavy (non-hydrogen) atoms. The van der Waals surface area contributed by atoms with Gasteiger partial charge in [-0.25, -0.2) is 13.2 Å². The number of rotatable bonds is 3. The lowest BCUT2D eigenvalue weighted by Crippen LogP contribution is -2.09. The van der Waals surface area contributed by atoms with Crippen LogP contribution in [-0.4, -0.2) is 9.78 Å². The Morgan fingerprint density at radius 3 is 2.15 bits per heavy atom. The van der Waals surface area contributed by atoms with Crippen molar-refractivity contribution in [2.45, 2.75) is 12.7 Å². The number of halogens is 8. The number of benzene rings is 4. The second kappa shape index (κ2) is 10.3. The van der Waals surface area contributed by atoms with E-state index in [4.69, 9.17) is 23.2 Å². The van der Waals surface area contributed by atoms with Crippen LogP contribution in [0.4, 0.5) is 26.3 Å². The fourth-order valence-corrected chi connectivity index (χ4v) is 4.47. The van der Waals surface area contributed by atoms with Gasteiger partial charge in [-0.3, -0.25) is 4.68 Å².